The number of hydrogen-bond acceptors (Lipinski definition) is 3. The van der Waals surface area contributed by atoms with Crippen molar-refractivity contribution in [3.05, 3.63) is 0 Å². The van der Waals surface area contributed by atoms with Crippen molar-refractivity contribution < 1.29 is 14.7 Å². The highest BCUT2D eigenvalue weighted by molar-refractivity contribution is 5.83. The Bertz CT molecular complexity index is 361. The van der Waals surface area contributed by atoms with E-state index in [9.17, 15) is 9.59 Å². The molecule has 3 N–H and O–H groups in total. The van der Waals surface area contributed by atoms with Crippen molar-refractivity contribution in [2.24, 2.45) is 5.41 Å². The summed E-state index contributed by atoms with van der Waals surface area (Å²) in [6, 6.07) is -0.454. The molecule has 2 atom stereocenters. The minimum atomic E-state index is -1.02. The number of nitrogens with zero attached hydrogens (tertiary/aromatic N) is 1. The second-order valence-corrected chi connectivity index (χ2v) is 6.74. The van der Waals surface area contributed by atoms with Crippen molar-refractivity contribution in [1.29, 1.82) is 0 Å². The Hall–Kier alpha value is -1.30. The fourth-order valence-electron chi connectivity index (χ4n) is 2.06. The summed E-state index contributed by atoms with van der Waals surface area (Å²) in [6.45, 7) is 7.92. The maximum Gasteiger partial charge on any atom is 0.326 e. The molecular formula is C14H27N3O3. The molecule has 1 aliphatic rings. The number of hydrogen-bond donors (Lipinski definition) is 3. The first-order valence-electron chi connectivity index (χ1n) is 7.12. The molecule has 6 nitrogen and oxygen atoms in total. The van der Waals surface area contributed by atoms with Gasteiger partial charge in [-0.05, 0) is 32.2 Å². The number of nitrogens with one attached hydrogen (secondary N) is 2. The van der Waals surface area contributed by atoms with Crippen molar-refractivity contribution in [2.45, 2.75) is 58.7 Å². The van der Waals surface area contributed by atoms with E-state index in [2.05, 4.69) is 29.5 Å². The Kier molecular flexibility index (Phi) is 5.39. The Morgan fingerprint density at radius 3 is 2.30 bits per heavy atom. The lowest BCUT2D eigenvalue weighted by molar-refractivity contribution is -0.141. The van der Waals surface area contributed by atoms with E-state index < -0.39 is 23.5 Å². The number of carbonyl (C=O) groups is 2. The molecule has 0 aromatic rings. The highest BCUT2D eigenvalue weighted by Gasteiger charge is 2.33. The fourth-order valence-corrected chi connectivity index (χ4v) is 2.06. The van der Waals surface area contributed by atoms with Crippen LogP contribution in [-0.2, 0) is 4.79 Å². The predicted octanol–water partition coefficient (Wildman–Crippen LogP) is 1.27. The SMILES string of the molecule is CC(CNC(=O)N[C@H](C(=O)O)C(C)(C)C)N(C)C1CC1. The largest absolute Gasteiger partial charge is 0.480 e. The van der Waals surface area contributed by atoms with Crippen LogP contribution in [0, 0.1) is 5.41 Å². The van der Waals surface area contributed by atoms with E-state index in [0.717, 1.165) is 0 Å². The molecule has 0 aromatic heterocycles. The molecule has 0 aliphatic heterocycles. The summed E-state index contributed by atoms with van der Waals surface area (Å²) >= 11 is 0. The van der Waals surface area contributed by atoms with E-state index in [1.807, 2.05) is 0 Å². The third-order valence-electron chi connectivity index (χ3n) is 3.76. The molecule has 1 saturated carbocycles. The van der Waals surface area contributed by atoms with Crippen LogP contribution in [0.4, 0.5) is 4.79 Å². The zero-order valence-corrected chi connectivity index (χ0v) is 13.1. The first-order chi connectivity index (χ1) is 9.12. The van der Waals surface area contributed by atoms with Crippen molar-refractivity contribution in [3.63, 3.8) is 0 Å². The number of urea groups is 1. The monoisotopic (exact) mass is 285 g/mol. The first-order valence-corrected chi connectivity index (χ1v) is 7.12. The van der Waals surface area contributed by atoms with Crippen LogP contribution in [0.15, 0.2) is 0 Å². The van der Waals surface area contributed by atoms with Crippen molar-refractivity contribution in [2.75, 3.05) is 13.6 Å². The van der Waals surface area contributed by atoms with Crippen LogP contribution >= 0.6 is 0 Å². The molecule has 2 amide bonds. The van der Waals surface area contributed by atoms with Gasteiger partial charge in [0.25, 0.3) is 0 Å². The molecule has 116 valence electrons. The van der Waals surface area contributed by atoms with Crippen molar-refractivity contribution in [1.82, 2.24) is 15.5 Å². The Morgan fingerprint density at radius 2 is 1.90 bits per heavy atom. The van der Waals surface area contributed by atoms with E-state index >= 15 is 0 Å². The van der Waals surface area contributed by atoms with Gasteiger partial charge in [0.15, 0.2) is 0 Å². The maximum absolute atomic E-state index is 11.8. The molecule has 0 aromatic carbocycles. The summed E-state index contributed by atoms with van der Waals surface area (Å²) in [5.41, 5.74) is -0.528. The minimum absolute atomic E-state index is 0.242. The topological polar surface area (TPSA) is 81.7 Å². The molecule has 0 saturated heterocycles. The molecule has 20 heavy (non-hydrogen) atoms. The van der Waals surface area contributed by atoms with Crippen molar-refractivity contribution >= 4 is 12.0 Å². The Balaban J connectivity index is 2.40. The highest BCUT2D eigenvalue weighted by Crippen LogP contribution is 2.26. The lowest BCUT2D eigenvalue weighted by Crippen LogP contribution is -2.53. The smallest absolute Gasteiger partial charge is 0.326 e. The molecule has 0 spiro atoms. The first kappa shape index (κ1) is 16.8. The van der Waals surface area contributed by atoms with Gasteiger partial charge in [0.1, 0.15) is 6.04 Å². The number of carbonyl (C=O) groups excluding carboxylic acids is 1. The number of likely N-dealkylation sites (N-methyl/N-ethyl adjacent to an activating group) is 1. The van der Waals surface area contributed by atoms with Gasteiger partial charge >= 0.3 is 12.0 Å². The van der Waals surface area contributed by atoms with E-state index in [-0.39, 0.29) is 6.04 Å². The molecule has 0 heterocycles. The average Bonchev–Trinajstić information content (AvgIpc) is 3.14. The van der Waals surface area contributed by atoms with E-state index in [0.29, 0.717) is 12.6 Å². The van der Waals surface area contributed by atoms with Crippen LogP contribution < -0.4 is 10.6 Å². The number of rotatable bonds is 6. The van der Waals surface area contributed by atoms with E-state index in [4.69, 9.17) is 5.11 Å². The van der Waals surface area contributed by atoms with Gasteiger partial charge < -0.3 is 15.7 Å². The molecule has 0 radical (unpaired) electrons. The second kappa shape index (κ2) is 6.43. The molecule has 1 aliphatic carbocycles. The fraction of sp³-hybridized carbons (Fsp3) is 0.857. The summed E-state index contributed by atoms with van der Waals surface area (Å²) < 4.78 is 0. The van der Waals surface area contributed by atoms with E-state index in [1.54, 1.807) is 20.8 Å². The van der Waals surface area contributed by atoms with Gasteiger partial charge in [-0.25, -0.2) is 9.59 Å². The summed E-state index contributed by atoms with van der Waals surface area (Å²) in [6.07, 6.45) is 2.44. The summed E-state index contributed by atoms with van der Waals surface area (Å²) in [7, 11) is 2.05. The third-order valence-corrected chi connectivity index (χ3v) is 3.76. The second-order valence-electron chi connectivity index (χ2n) is 6.74. The average molecular weight is 285 g/mol. The lowest BCUT2D eigenvalue weighted by Gasteiger charge is -2.29. The summed E-state index contributed by atoms with van der Waals surface area (Å²) in [5, 5.41) is 14.4. The van der Waals surface area contributed by atoms with Gasteiger partial charge in [-0.3, -0.25) is 4.90 Å². The third kappa shape index (κ3) is 5.00. The van der Waals surface area contributed by atoms with Crippen LogP contribution in [0.25, 0.3) is 0 Å². The number of amides is 2. The van der Waals surface area contributed by atoms with Gasteiger partial charge in [-0.15, -0.1) is 0 Å². The van der Waals surface area contributed by atoms with E-state index in [1.165, 1.54) is 12.8 Å². The number of carboxylic acids is 1. The van der Waals surface area contributed by atoms with Crippen LogP contribution in [0.5, 0.6) is 0 Å². The summed E-state index contributed by atoms with van der Waals surface area (Å²) in [4.78, 5) is 25.2. The molecular weight excluding hydrogens is 258 g/mol. The van der Waals surface area contributed by atoms with Gasteiger partial charge in [0.2, 0.25) is 0 Å². The molecule has 1 unspecified atom stereocenters. The quantitative estimate of drug-likeness (QED) is 0.686. The van der Waals surface area contributed by atoms with Gasteiger partial charge in [-0.1, -0.05) is 20.8 Å². The highest BCUT2D eigenvalue weighted by atomic mass is 16.4. The Labute approximate surface area is 120 Å². The zero-order valence-electron chi connectivity index (χ0n) is 13.1. The number of aliphatic carboxylic acids is 1. The summed E-state index contributed by atoms with van der Waals surface area (Å²) in [5.74, 6) is -1.02. The predicted molar refractivity (Wildman–Crippen MR) is 77.7 cm³/mol. The van der Waals surface area contributed by atoms with Crippen LogP contribution in [0.2, 0.25) is 0 Å². The maximum atomic E-state index is 11.8. The number of carboxylic acid groups (broad SMARTS) is 1. The van der Waals surface area contributed by atoms with Gasteiger partial charge in [0.05, 0.1) is 0 Å². The van der Waals surface area contributed by atoms with Gasteiger partial charge in [-0.2, -0.15) is 0 Å². The lowest BCUT2D eigenvalue weighted by atomic mass is 9.87. The Morgan fingerprint density at radius 1 is 1.35 bits per heavy atom. The normalized spacial score (nSPS) is 18.5. The molecule has 6 heteroatoms. The van der Waals surface area contributed by atoms with Crippen LogP contribution in [-0.4, -0.2) is 53.7 Å². The molecule has 1 fully saturated rings. The molecule has 0 bridgehead atoms. The van der Waals surface area contributed by atoms with Crippen molar-refractivity contribution in [3.8, 4) is 0 Å². The standard InChI is InChI=1S/C14H27N3O3/c1-9(17(5)10-6-7-10)8-15-13(20)16-11(12(18)19)14(2,3)4/h9-11H,6-8H2,1-5H3,(H,18,19)(H2,15,16,20)/t9?,11-/m1/s1. The zero-order chi connectivity index (χ0) is 15.5. The minimum Gasteiger partial charge on any atom is -0.480 e. The van der Waals surface area contributed by atoms with Crippen LogP contribution in [0.1, 0.15) is 40.5 Å². The van der Waals surface area contributed by atoms with Crippen LogP contribution in [0.3, 0.4) is 0 Å². The van der Waals surface area contributed by atoms with Gasteiger partial charge in [0, 0.05) is 18.6 Å². The molecule has 1 rings (SSSR count).